The zero-order valence-corrected chi connectivity index (χ0v) is 16.4. The van der Waals surface area contributed by atoms with Crippen molar-refractivity contribution >= 4 is 23.3 Å². The second-order valence-corrected chi connectivity index (χ2v) is 6.58. The number of nitro benzene ring substituents is 1. The predicted octanol–water partition coefficient (Wildman–Crippen LogP) is 4.07. The fraction of sp³-hybridized carbons (Fsp3) is 0.136. The molecule has 0 aliphatic rings. The third kappa shape index (κ3) is 4.85. The van der Waals surface area contributed by atoms with Crippen molar-refractivity contribution in [3.63, 3.8) is 0 Å². The minimum Gasteiger partial charge on any atom is -0.452 e. The molecule has 0 aliphatic carbocycles. The summed E-state index contributed by atoms with van der Waals surface area (Å²) in [5.74, 6) is -1.27. The molecular formula is C22H19N3O5. The van der Waals surface area contributed by atoms with E-state index in [2.05, 4.69) is 10.3 Å². The van der Waals surface area contributed by atoms with Crippen LogP contribution >= 0.6 is 0 Å². The van der Waals surface area contributed by atoms with Crippen molar-refractivity contribution in [3.05, 3.63) is 87.6 Å². The Morgan fingerprint density at radius 2 is 1.80 bits per heavy atom. The van der Waals surface area contributed by atoms with Crippen LogP contribution in [0, 0.1) is 24.0 Å². The molecule has 0 unspecified atom stereocenters. The first-order valence-corrected chi connectivity index (χ1v) is 9.10. The van der Waals surface area contributed by atoms with E-state index >= 15 is 0 Å². The minimum atomic E-state index is -0.675. The van der Waals surface area contributed by atoms with Crippen LogP contribution < -0.4 is 5.32 Å². The van der Waals surface area contributed by atoms with Crippen LogP contribution in [0.3, 0.4) is 0 Å². The van der Waals surface area contributed by atoms with Crippen molar-refractivity contribution in [2.75, 3.05) is 11.9 Å². The van der Waals surface area contributed by atoms with Crippen molar-refractivity contribution in [2.45, 2.75) is 13.8 Å². The molecule has 30 heavy (non-hydrogen) atoms. The number of nitrogens with one attached hydrogen (secondary N) is 1. The number of pyridine rings is 1. The topological polar surface area (TPSA) is 111 Å². The summed E-state index contributed by atoms with van der Waals surface area (Å²) in [5.41, 5.74) is 3.18. The largest absolute Gasteiger partial charge is 0.452 e. The second kappa shape index (κ2) is 8.95. The summed E-state index contributed by atoms with van der Waals surface area (Å²) in [5, 5.41) is 13.4. The van der Waals surface area contributed by atoms with Crippen LogP contribution in [0.4, 0.5) is 11.4 Å². The zero-order valence-electron chi connectivity index (χ0n) is 16.4. The Morgan fingerprint density at radius 1 is 1.07 bits per heavy atom. The lowest BCUT2D eigenvalue weighted by molar-refractivity contribution is -0.384. The first-order valence-electron chi connectivity index (χ1n) is 9.10. The fourth-order valence-electron chi connectivity index (χ4n) is 2.80. The standard InChI is InChI=1S/C22H19N3O5/c1-14-8-9-17(25(28)29)12-20(14)24-21(26)13-30-22(27)18-10-11-19(23-15(18)2)16-6-4-3-5-7-16/h3-12H,13H2,1-2H3,(H,24,26). The lowest BCUT2D eigenvalue weighted by Gasteiger charge is -2.10. The average molecular weight is 405 g/mol. The van der Waals surface area contributed by atoms with Gasteiger partial charge in [-0.1, -0.05) is 36.4 Å². The molecule has 0 radical (unpaired) electrons. The molecule has 0 saturated heterocycles. The Labute approximate surface area is 172 Å². The summed E-state index contributed by atoms with van der Waals surface area (Å²) in [4.78, 5) is 39.2. The average Bonchev–Trinajstić information content (AvgIpc) is 2.74. The summed E-state index contributed by atoms with van der Waals surface area (Å²) in [6, 6.07) is 17.0. The van der Waals surface area contributed by atoms with Gasteiger partial charge in [-0.2, -0.15) is 0 Å². The van der Waals surface area contributed by atoms with Gasteiger partial charge in [0.05, 0.1) is 27.6 Å². The van der Waals surface area contributed by atoms with Crippen molar-refractivity contribution in [3.8, 4) is 11.3 Å². The molecule has 0 atom stereocenters. The number of aromatic nitrogens is 1. The summed E-state index contributed by atoms with van der Waals surface area (Å²) >= 11 is 0. The Morgan fingerprint density at radius 3 is 2.47 bits per heavy atom. The van der Waals surface area contributed by atoms with Gasteiger partial charge in [0.2, 0.25) is 0 Å². The number of rotatable bonds is 6. The first-order chi connectivity index (χ1) is 14.3. The molecule has 0 spiro atoms. The smallest absolute Gasteiger partial charge is 0.340 e. The van der Waals surface area contributed by atoms with E-state index < -0.39 is 23.4 Å². The van der Waals surface area contributed by atoms with Crippen molar-refractivity contribution in [2.24, 2.45) is 0 Å². The summed E-state index contributed by atoms with van der Waals surface area (Å²) in [6.45, 7) is 2.87. The van der Waals surface area contributed by atoms with Crippen LogP contribution in [0.15, 0.2) is 60.7 Å². The molecule has 1 heterocycles. The normalized spacial score (nSPS) is 10.3. The van der Waals surface area contributed by atoms with Gasteiger partial charge >= 0.3 is 5.97 Å². The van der Waals surface area contributed by atoms with E-state index in [4.69, 9.17) is 4.74 Å². The van der Waals surface area contributed by atoms with Crippen LogP contribution in [-0.4, -0.2) is 28.4 Å². The van der Waals surface area contributed by atoms with Gasteiger partial charge in [-0.05, 0) is 31.5 Å². The van der Waals surface area contributed by atoms with Gasteiger partial charge in [0, 0.05) is 17.7 Å². The van der Waals surface area contributed by atoms with Gasteiger partial charge in [0.25, 0.3) is 11.6 Å². The molecule has 0 saturated carbocycles. The highest BCUT2D eigenvalue weighted by molar-refractivity contribution is 5.96. The number of nitrogens with zero attached hydrogens (tertiary/aromatic N) is 2. The molecule has 0 fully saturated rings. The van der Waals surface area contributed by atoms with E-state index in [9.17, 15) is 19.7 Å². The van der Waals surface area contributed by atoms with Crippen molar-refractivity contribution in [1.29, 1.82) is 0 Å². The third-order valence-corrected chi connectivity index (χ3v) is 4.42. The van der Waals surface area contributed by atoms with Crippen LogP contribution in [-0.2, 0) is 9.53 Å². The summed E-state index contributed by atoms with van der Waals surface area (Å²) < 4.78 is 5.08. The highest BCUT2D eigenvalue weighted by Gasteiger charge is 2.16. The molecule has 8 heteroatoms. The van der Waals surface area contributed by atoms with Crippen LogP contribution in [0.2, 0.25) is 0 Å². The number of carbonyl (C=O) groups excluding carboxylic acids is 2. The number of aryl methyl sites for hydroxylation is 2. The Kier molecular flexibility index (Phi) is 6.17. The Balaban J connectivity index is 1.64. The third-order valence-electron chi connectivity index (χ3n) is 4.42. The minimum absolute atomic E-state index is 0.145. The summed E-state index contributed by atoms with van der Waals surface area (Å²) in [6.07, 6.45) is 0. The van der Waals surface area contributed by atoms with E-state index in [1.165, 1.54) is 18.2 Å². The number of anilines is 1. The first kappa shape index (κ1) is 20.7. The molecule has 1 amide bonds. The Hall–Kier alpha value is -4.07. The molecule has 8 nitrogen and oxygen atoms in total. The maximum Gasteiger partial charge on any atom is 0.340 e. The van der Waals surface area contributed by atoms with Crippen LogP contribution in [0.1, 0.15) is 21.6 Å². The van der Waals surface area contributed by atoms with E-state index in [-0.39, 0.29) is 16.9 Å². The van der Waals surface area contributed by atoms with Gasteiger partial charge in [-0.3, -0.25) is 19.9 Å². The number of amides is 1. The number of hydrogen-bond donors (Lipinski definition) is 1. The number of carbonyl (C=O) groups is 2. The van der Waals surface area contributed by atoms with Crippen molar-refractivity contribution < 1.29 is 19.2 Å². The quantitative estimate of drug-likeness (QED) is 0.376. The predicted molar refractivity (Wildman–Crippen MR) is 111 cm³/mol. The maximum absolute atomic E-state index is 12.3. The van der Waals surface area contributed by atoms with Crippen LogP contribution in [0.25, 0.3) is 11.3 Å². The molecule has 2 aromatic carbocycles. The van der Waals surface area contributed by atoms with E-state index in [0.29, 0.717) is 11.3 Å². The zero-order chi connectivity index (χ0) is 21.7. The second-order valence-electron chi connectivity index (χ2n) is 6.58. The highest BCUT2D eigenvalue weighted by Crippen LogP contribution is 2.22. The maximum atomic E-state index is 12.3. The molecule has 0 bridgehead atoms. The molecule has 152 valence electrons. The number of ether oxygens (including phenoxy) is 1. The van der Waals surface area contributed by atoms with E-state index in [1.807, 2.05) is 30.3 Å². The molecule has 1 aromatic heterocycles. The monoisotopic (exact) mass is 405 g/mol. The number of nitro groups is 1. The number of hydrogen-bond acceptors (Lipinski definition) is 6. The molecule has 0 aliphatic heterocycles. The fourth-order valence-corrected chi connectivity index (χ4v) is 2.80. The molecule has 3 rings (SSSR count). The van der Waals surface area contributed by atoms with Gasteiger partial charge in [0.1, 0.15) is 0 Å². The lowest BCUT2D eigenvalue weighted by Crippen LogP contribution is -2.22. The molecular weight excluding hydrogens is 386 g/mol. The van der Waals surface area contributed by atoms with Gasteiger partial charge in [-0.25, -0.2) is 4.79 Å². The van der Waals surface area contributed by atoms with E-state index in [1.54, 1.807) is 26.0 Å². The number of benzene rings is 2. The Bertz CT molecular complexity index is 1110. The highest BCUT2D eigenvalue weighted by atomic mass is 16.6. The SMILES string of the molecule is Cc1ccc([N+](=O)[O-])cc1NC(=O)COC(=O)c1ccc(-c2ccccc2)nc1C. The lowest BCUT2D eigenvalue weighted by atomic mass is 10.1. The van der Waals surface area contributed by atoms with Crippen molar-refractivity contribution in [1.82, 2.24) is 4.98 Å². The van der Waals surface area contributed by atoms with E-state index in [0.717, 1.165) is 11.3 Å². The van der Waals surface area contributed by atoms with Crippen LogP contribution in [0.5, 0.6) is 0 Å². The summed E-state index contributed by atoms with van der Waals surface area (Å²) in [7, 11) is 0. The molecule has 3 aromatic rings. The van der Waals surface area contributed by atoms with Gasteiger partial charge in [-0.15, -0.1) is 0 Å². The number of non-ortho nitro benzene ring substituents is 1. The number of esters is 1. The van der Waals surface area contributed by atoms with Gasteiger partial charge in [0.15, 0.2) is 6.61 Å². The van der Waals surface area contributed by atoms with Gasteiger partial charge < -0.3 is 10.1 Å². The molecule has 1 N–H and O–H groups in total.